The number of ether oxygens (including phenoxy) is 1. The predicted octanol–water partition coefficient (Wildman–Crippen LogP) is 0.480. The van der Waals surface area contributed by atoms with E-state index in [1.165, 1.54) is 6.42 Å². The molecular formula is C13H25NO3. The van der Waals surface area contributed by atoms with E-state index in [1.807, 2.05) is 0 Å². The summed E-state index contributed by atoms with van der Waals surface area (Å²) in [6.45, 7) is 5.17. The van der Waals surface area contributed by atoms with Crippen molar-refractivity contribution in [2.45, 2.75) is 25.7 Å². The quantitative estimate of drug-likeness (QED) is 0.754. The number of hydrogen-bond acceptors (Lipinski definition) is 4. The third-order valence-corrected chi connectivity index (χ3v) is 4.31. The highest BCUT2D eigenvalue weighted by molar-refractivity contribution is 4.86. The standard InChI is InChI=1S/C13H25NO3/c15-9-12-2-1-5-14(8-12)10-13(11-16)3-6-17-7-4-13/h12,15-16H,1-11H2. The van der Waals surface area contributed by atoms with Gasteiger partial charge in [0.15, 0.2) is 0 Å². The lowest BCUT2D eigenvalue weighted by molar-refractivity contribution is -0.0413. The average Bonchev–Trinajstić information content (AvgIpc) is 2.40. The molecule has 2 aliphatic heterocycles. The molecule has 2 heterocycles. The van der Waals surface area contributed by atoms with Gasteiger partial charge < -0.3 is 19.8 Å². The summed E-state index contributed by atoms with van der Waals surface area (Å²) in [5, 5.41) is 18.9. The van der Waals surface area contributed by atoms with Crippen LogP contribution in [0.2, 0.25) is 0 Å². The molecule has 0 aromatic rings. The molecule has 1 unspecified atom stereocenters. The van der Waals surface area contributed by atoms with E-state index < -0.39 is 0 Å². The summed E-state index contributed by atoms with van der Waals surface area (Å²) in [6.07, 6.45) is 4.24. The highest BCUT2D eigenvalue weighted by Crippen LogP contribution is 2.32. The summed E-state index contributed by atoms with van der Waals surface area (Å²) in [7, 11) is 0. The lowest BCUT2D eigenvalue weighted by Crippen LogP contribution is -2.47. The van der Waals surface area contributed by atoms with Gasteiger partial charge in [-0.25, -0.2) is 0 Å². The van der Waals surface area contributed by atoms with Crippen molar-refractivity contribution < 1.29 is 14.9 Å². The fourth-order valence-corrected chi connectivity index (χ4v) is 3.09. The first-order chi connectivity index (χ1) is 8.28. The van der Waals surface area contributed by atoms with Crippen molar-refractivity contribution in [1.29, 1.82) is 0 Å². The molecule has 0 aromatic carbocycles. The molecule has 0 aliphatic carbocycles. The van der Waals surface area contributed by atoms with Gasteiger partial charge >= 0.3 is 0 Å². The maximum absolute atomic E-state index is 9.66. The Balaban J connectivity index is 1.88. The van der Waals surface area contributed by atoms with Crippen LogP contribution in [0.4, 0.5) is 0 Å². The Labute approximate surface area is 104 Å². The highest BCUT2D eigenvalue weighted by Gasteiger charge is 2.35. The zero-order chi connectivity index (χ0) is 12.1. The fraction of sp³-hybridized carbons (Fsp3) is 1.00. The maximum atomic E-state index is 9.66. The van der Waals surface area contributed by atoms with Gasteiger partial charge in [-0.15, -0.1) is 0 Å². The lowest BCUT2D eigenvalue weighted by atomic mass is 9.80. The number of hydrogen-bond donors (Lipinski definition) is 2. The first-order valence-electron chi connectivity index (χ1n) is 6.80. The molecule has 2 aliphatic rings. The Bertz CT molecular complexity index is 229. The van der Waals surface area contributed by atoms with Crippen molar-refractivity contribution in [2.75, 3.05) is 46.1 Å². The van der Waals surface area contributed by atoms with Crippen LogP contribution in [0.5, 0.6) is 0 Å². The summed E-state index contributed by atoms with van der Waals surface area (Å²) in [4.78, 5) is 2.42. The van der Waals surface area contributed by atoms with Gasteiger partial charge in [0.2, 0.25) is 0 Å². The molecule has 4 heteroatoms. The summed E-state index contributed by atoms with van der Waals surface area (Å²) < 4.78 is 5.39. The number of likely N-dealkylation sites (tertiary alicyclic amines) is 1. The van der Waals surface area contributed by atoms with Crippen LogP contribution in [0, 0.1) is 11.3 Å². The molecular weight excluding hydrogens is 218 g/mol. The van der Waals surface area contributed by atoms with Crippen LogP contribution in [-0.4, -0.2) is 61.2 Å². The highest BCUT2D eigenvalue weighted by atomic mass is 16.5. The normalized spacial score (nSPS) is 30.4. The molecule has 2 rings (SSSR count). The Morgan fingerprint density at radius 3 is 2.65 bits per heavy atom. The van der Waals surface area contributed by atoms with Crippen LogP contribution in [0.1, 0.15) is 25.7 Å². The average molecular weight is 243 g/mol. The molecule has 100 valence electrons. The van der Waals surface area contributed by atoms with Crippen LogP contribution >= 0.6 is 0 Å². The Morgan fingerprint density at radius 1 is 1.24 bits per heavy atom. The molecule has 2 N–H and O–H groups in total. The topological polar surface area (TPSA) is 52.9 Å². The van der Waals surface area contributed by atoms with Gasteiger partial charge in [-0.05, 0) is 38.1 Å². The summed E-state index contributed by atoms with van der Waals surface area (Å²) >= 11 is 0. The van der Waals surface area contributed by atoms with Gasteiger partial charge in [-0.2, -0.15) is 0 Å². The molecule has 4 nitrogen and oxygen atoms in total. The van der Waals surface area contributed by atoms with E-state index >= 15 is 0 Å². The molecule has 2 saturated heterocycles. The van der Waals surface area contributed by atoms with Gasteiger partial charge in [-0.1, -0.05) is 0 Å². The Kier molecular flexibility index (Phi) is 4.79. The van der Waals surface area contributed by atoms with Gasteiger partial charge in [0.05, 0.1) is 6.61 Å². The SMILES string of the molecule is OCC1CCCN(CC2(CO)CCOCC2)C1. The minimum absolute atomic E-state index is 0.0373. The van der Waals surface area contributed by atoms with Crippen LogP contribution in [-0.2, 0) is 4.74 Å². The van der Waals surface area contributed by atoms with Crippen molar-refractivity contribution in [3.05, 3.63) is 0 Å². The van der Waals surface area contributed by atoms with E-state index in [4.69, 9.17) is 4.74 Å². The largest absolute Gasteiger partial charge is 0.396 e. The Hall–Kier alpha value is -0.160. The summed E-state index contributed by atoms with van der Waals surface area (Å²) in [5.74, 6) is 0.430. The van der Waals surface area contributed by atoms with Crippen LogP contribution in [0.3, 0.4) is 0 Å². The number of rotatable bonds is 4. The number of aliphatic hydroxyl groups excluding tert-OH is 2. The number of nitrogens with zero attached hydrogens (tertiary/aromatic N) is 1. The van der Waals surface area contributed by atoms with Crippen LogP contribution in [0.25, 0.3) is 0 Å². The van der Waals surface area contributed by atoms with E-state index in [9.17, 15) is 10.2 Å². The first kappa shape index (κ1) is 13.3. The van der Waals surface area contributed by atoms with Gasteiger partial charge in [0, 0.05) is 38.3 Å². The van der Waals surface area contributed by atoms with Crippen LogP contribution in [0.15, 0.2) is 0 Å². The van der Waals surface area contributed by atoms with E-state index in [2.05, 4.69) is 4.90 Å². The first-order valence-corrected chi connectivity index (χ1v) is 6.80. The molecule has 2 fully saturated rings. The van der Waals surface area contributed by atoms with Crippen molar-refractivity contribution in [2.24, 2.45) is 11.3 Å². The lowest BCUT2D eigenvalue weighted by Gasteiger charge is -2.42. The van der Waals surface area contributed by atoms with Crippen molar-refractivity contribution in [1.82, 2.24) is 4.90 Å². The molecule has 0 aromatic heterocycles. The maximum Gasteiger partial charge on any atom is 0.0501 e. The molecule has 0 radical (unpaired) electrons. The third-order valence-electron chi connectivity index (χ3n) is 4.31. The van der Waals surface area contributed by atoms with Crippen molar-refractivity contribution in [3.63, 3.8) is 0 Å². The van der Waals surface area contributed by atoms with E-state index in [0.717, 1.165) is 52.1 Å². The smallest absolute Gasteiger partial charge is 0.0501 e. The number of piperidine rings is 1. The summed E-state index contributed by atoms with van der Waals surface area (Å²) in [5.41, 5.74) is 0.0373. The fourth-order valence-electron chi connectivity index (χ4n) is 3.09. The predicted molar refractivity (Wildman–Crippen MR) is 65.8 cm³/mol. The molecule has 1 atom stereocenters. The van der Waals surface area contributed by atoms with Crippen molar-refractivity contribution >= 4 is 0 Å². The second-order valence-electron chi connectivity index (χ2n) is 5.70. The minimum atomic E-state index is 0.0373. The molecule has 0 amide bonds. The molecule has 0 bridgehead atoms. The second kappa shape index (κ2) is 6.14. The van der Waals surface area contributed by atoms with Gasteiger partial charge in [0.25, 0.3) is 0 Å². The molecule has 17 heavy (non-hydrogen) atoms. The monoisotopic (exact) mass is 243 g/mol. The van der Waals surface area contributed by atoms with Gasteiger partial charge in [0.1, 0.15) is 0 Å². The van der Waals surface area contributed by atoms with Crippen molar-refractivity contribution in [3.8, 4) is 0 Å². The molecule has 0 saturated carbocycles. The van der Waals surface area contributed by atoms with E-state index in [-0.39, 0.29) is 12.0 Å². The second-order valence-corrected chi connectivity index (χ2v) is 5.70. The van der Waals surface area contributed by atoms with E-state index in [0.29, 0.717) is 12.5 Å². The Morgan fingerprint density at radius 2 is 2.00 bits per heavy atom. The minimum Gasteiger partial charge on any atom is -0.396 e. The third kappa shape index (κ3) is 3.41. The summed E-state index contributed by atoms with van der Waals surface area (Å²) in [6, 6.07) is 0. The number of aliphatic hydroxyl groups is 2. The molecule has 0 spiro atoms. The zero-order valence-corrected chi connectivity index (χ0v) is 10.6. The zero-order valence-electron chi connectivity index (χ0n) is 10.6. The van der Waals surface area contributed by atoms with Crippen LogP contribution < -0.4 is 0 Å². The van der Waals surface area contributed by atoms with E-state index in [1.54, 1.807) is 0 Å². The van der Waals surface area contributed by atoms with Gasteiger partial charge in [-0.3, -0.25) is 0 Å².